The molecular formula is C19H15NO3. The summed E-state index contributed by atoms with van der Waals surface area (Å²) in [4.78, 5) is 11.4. The Morgan fingerprint density at radius 2 is 1.57 bits per heavy atom. The van der Waals surface area contributed by atoms with Crippen LogP contribution in [0, 0.1) is 0 Å². The van der Waals surface area contributed by atoms with E-state index in [1.54, 1.807) is 36.4 Å². The molecule has 0 aromatic heterocycles. The van der Waals surface area contributed by atoms with Crippen molar-refractivity contribution >= 4 is 17.3 Å². The number of carboxylic acids is 1. The number of phenolic OH excluding ortho intramolecular Hbond substituents is 1. The van der Waals surface area contributed by atoms with E-state index in [1.165, 1.54) is 0 Å². The van der Waals surface area contributed by atoms with E-state index in [9.17, 15) is 15.0 Å². The standard InChI is InChI=1S/C19H15NO3/c21-16-8-4-5-13(11-16)14-9-10-17(19(22)23)18(12-14)20-15-6-2-1-3-7-15/h1-12,20-21H,(H,22,23). The summed E-state index contributed by atoms with van der Waals surface area (Å²) in [5.41, 5.74) is 3.15. The van der Waals surface area contributed by atoms with Crippen LogP contribution in [0.15, 0.2) is 72.8 Å². The highest BCUT2D eigenvalue weighted by atomic mass is 16.4. The van der Waals surface area contributed by atoms with Crippen molar-refractivity contribution in [3.05, 3.63) is 78.4 Å². The quantitative estimate of drug-likeness (QED) is 0.663. The van der Waals surface area contributed by atoms with Crippen molar-refractivity contribution in [3.8, 4) is 16.9 Å². The fraction of sp³-hybridized carbons (Fsp3) is 0. The van der Waals surface area contributed by atoms with Crippen LogP contribution in [-0.4, -0.2) is 16.2 Å². The van der Waals surface area contributed by atoms with Crippen molar-refractivity contribution in [2.75, 3.05) is 5.32 Å². The SMILES string of the molecule is O=C(O)c1ccc(-c2cccc(O)c2)cc1Nc1ccccc1. The van der Waals surface area contributed by atoms with Crippen LogP contribution in [0.5, 0.6) is 5.75 Å². The zero-order valence-corrected chi connectivity index (χ0v) is 12.2. The molecule has 0 amide bonds. The van der Waals surface area contributed by atoms with Crippen LogP contribution < -0.4 is 5.32 Å². The van der Waals surface area contributed by atoms with Gasteiger partial charge < -0.3 is 15.5 Å². The van der Waals surface area contributed by atoms with E-state index in [1.807, 2.05) is 36.4 Å². The van der Waals surface area contributed by atoms with Crippen molar-refractivity contribution in [2.45, 2.75) is 0 Å². The number of para-hydroxylation sites is 1. The minimum absolute atomic E-state index is 0.169. The van der Waals surface area contributed by atoms with E-state index >= 15 is 0 Å². The first kappa shape index (κ1) is 14.7. The molecule has 0 aliphatic carbocycles. The summed E-state index contributed by atoms with van der Waals surface area (Å²) in [5.74, 6) is -0.826. The highest BCUT2D eigenvalue weighted by Gasteiger charge is 2.12. The van der Waals surface area contributed by atoms with Crippen molar-refractivity contribution in [2.24, 2.45) is 0 Å². The molecule has 4 nitrogen and oxygen atoms in total. The molecule has 4 heteroatoms. The second kappa shape index (κ2) is 6.23. The van der Waals surface area contributed by atoms with Gasteiger partial charge in [-0.25, -0.2) is 4.79 Å². The Morgan fingerprint density at radius 1 is 0.826 bits per heavy atom. The minimum atomic E-state index is -0.995. The first-order chi connectivity index (χ1) is 11.1. The van der Waals surface area contributed by atoms with Crippen molar-refractivity contribution in [1.82, 2.24) is 0 Å². The zero-order valence-electron chi connectivity index (χ0n) is 12.2. The van der Waals surface area contributed by atoms with Gasteiger partial charge in [-0.2, -0.15) is 0 Å². The summed E-state index contributed by atoms with van der Waals surface area (Å²) in [6, 6.07) is 21.3. The molecule has 0 aliphatic rings. The Balaban J connectivity index is 2.04. The van der Waals surface area contributed by atoms with Gasteiger partial charge in [0.05, 0.1) is 11.3 Å². The summed E-state index contributed by atoms with van der Waals surface area (Å²) in [6.45, 7) is 0. The van der Waals surface area contributed by atoms with Gasteiger partial charge >= 0.3 is 5.97 Å². The molecule has 0 spiro atoms. The highest BCUT2D eigenvalue weighted by molar-refractivity contribution is 5.96. The summed E-state index contributed by atoms with van der Waals surface area (Å²) < 4.78 is 0. The van der Waals surface area contributed by atoms with E-state index in [-0.39, 0.29) is 11.3 Å². The number of aromatic hydroxyl groups is 1. The van der Waals surface area contributed by atoms with Crippen LogP contribution in [0.2, 0.25) is 0 Å². The number of carboxylic acid groups (broad SMARTS) is 1. The van der Waals surface area contributed by atoms with E-state index in [2.05, 4.69) is 5.32 Å². The number of phenols is 1. The van der Waals surface area contributed by atoms with Gasteiger partial charge in [0.2, 0.25) is 0 Å². The van der Waals surface area contributed by atoms with Gasteiger partial charge in [-0.1, -0.05) is 36.4 Å². The van der Waals surface area contributed by atoms with Crippen LogP contribution >= 0.6 is 0 Å². The topological polar surface area (TPSA) is 69.6 Å². The predicted molar refractivity (Wildman–Crippen MR) is 90.2 cm³/mol. The van der Waals surface area contributed by atoms with Gasteiger partial charge in [-0.05, 0) is 47.5 Å². The summed E-state index contributed by atoms with van der Waals surface area (Å²) >= 11 is 0. The molecule has 0 heterocycles. The average molecular weight is 305 g/mol. The first-order valence-electron chi connectivity index (χ1n) is 7.12. The van der Waals surface area contributed by atoms with E-state index in [0.29, 0.717) is 5.69 Å². The molecule has 0 radical (unpaired) electrons. The molecule has 23 heavy (non-hydrogen) atoms. The number of nitrogens with one attached hydrogen (secondary N) is 1. The van der Waals surface area contributed by atoms with Crippen LogP contribution in [-0.2, 0) is 0 Å². The lowest BCUT2D eigenvalue weighted by molar-refractivity contribution is 0.0698. The predicted octanol–water partition coefficient (Wildman–Crippen LogP) is 4.50. The Labute approximate surface area is 133 Å². The van der Waals surface area contributed by atoms with Gasteiger partial charge in [0.15, 0.2) is 0 Å². The second-order valence-electron chi connectivity index (χ2n) is 5.11. The molecule has 0 saturated carbocycles. The molecule has 0 unspecified atom stereocenters. The number of benzene rings is 3. The first-order valence-corrected chi connectivity index (χ1v) is 7.12. The average Bonchev–Trinajstić information content (AvgIpc) is 2.55. The maximum atomic E-state index is 11.4. The smallest absolute Gasteiger partial charge is 0.337 e. The maximum absolute atomic E-state index is 11.4. The molecule has 3 rings (SSSR count). The second-order valence-corrected chi connectivity index (χ2v) is 5.11. The lowest BCUT2D eigenvalue weighted by atomic mass is 10.0. The number of anilines is 2. The van der Waals surface area contributed by atoms with Crippen LogP contribution in [0.1, 0.15) is 10.4 Å². The molecule has 0 atom stereocenters. The Hall–Kier alpha value is -3.27. The molecule has 114 valence electrons. The molecular weight excluding hydrogens is 290 g/mol. The Bertz CT molecular complexity index is 844. The molecule has 3 aromatic rings. The Kier molecular flexibility index (Phi) is 3.97. The molecule has 0 saturated heterocycles. The maximum Gasteiger partial charge on any atom is 0.337 e. The third-order valence-electron chi connectivity index (χ3n) is 3.48. The summed E-state index contributed by atoms with van der Waals surface area (Å²) in [5, 5.41) is 22.1. The van der Waals surface area contributed by atoms with Crippen molar-refractivity contribution in [3.63, 3.8) is 0 Å². The minimum Gasteiger partial charge on any atom is -0.508 e. The van der Waals surface area contributed by atoms with Crippen LogP contribution in [0.4, 0.5) is 11.4 Å². The summed E-state index contributed by atoms with van der Waals surface area (Å²) in [6.07, 6.45) is 0. The number of aromatic carboxylic acids is 1. The molecule has 0 fully saturated rings. The number of hydrogen-bond acceptors (Lipinski definition) is 3. The largest absolute Gasteiger partial charge is 0.508 e. The monoisotopic (exact) mass is 305 g/mol. The molecule has 0 aliphatic heterocycles. The number of hydrogen-bond donors (Lipinski definition) is 3. The fourth-order valence-electron chi connectivity index (χ4n) is 2.38. The summed E-state index contributed by atoms with van der Waals surface area (Å²) in [7, 11) is 0. The molecule has 0 bridgehead atoms. The van der Waals surface area contributed by atoms with Gasteiger partial charge in [0.1, 0.15) is 5.75 Å². The zero-order chi connectivity index (χ0) is 16.2. The van der Waals surface area contributed by atoms with Crippen LogP contribution in [0.3, 0.4) is 0 Å². The third-order valence-corrected chi connectivity index (χ3v) is 3.48. The van der Waals surface area contributed by atoms with Gasteiger partial charge in [0, 0.05) is 5.69 Å². The van der Waals surface area contributed by atoms with E-state index in [4.69, 9.17) is 0 Å². The third kappa shape index (κ3) is 3.32. The number of carbonyl (C=O) groups is 1. The molecule has 3 N–H and O–H groups in total. The van der Waals surface area contributed by atoms with Gasteiger partial charge in [-0.3, -0.25) is 0 Å². The van der Waals surface area contributed by atoms with E-state index in [0.717, 1.165) is 16.8 Å². The molecule has 3 aromatic carbocycles. The van der Waals surface area contributed by atoms with Gasteiger partial charge in [-0.15, -0.1) is 0 Å². The Morgan fingerprint density at radius 3 is 2.26 bits per heavy atom. The van der Waals surface area contributed by atoms with Crippen LogP contribution in [0.25, 0.3) is 11.1 Å². The van der Waals surface area contributed by atoms with Gasteiger partial charge in [0.25, 0.3) is 0 Å². The normalized spacial score (nSPS) is 10.3. The fourth-order valence-corrected chi connectivity index (χ4v) is 2.38. The highest BCUT2D eigenvalue weighted by Crippen LogP contribution is 2.29. The van der Waals surface area contributed by atoms with Crippen molar-refractivity contribution in [1.29, 1.82) is 0 Å². The number of rotatable bonds is 4. The van der Waals surface area contributed by atoms with E-state index < -0.39 is 5.97 Å². The van der Waals surface area contributed by atoms with Crippen molar-refractivity contribution < 1.29 is 15.0 Å². The lowest BCUT2D eigenvalue weighted by Crippen LogP contribution is -2.03. The lowest BCUT2D eigenvalue weighted by Gasteiger charge is -2.12.